The third-order valence-electron chi connectivity index (χ3n) is 2.53. The Labute approximate surface area is 110 Å². The van der Waals surface area contributed by atoms with Gasteiger partial charge >= 0.3 is 5.97 Å². The number of carbonyl (C=O) groups is 1. The standard InChI is InChI=1S/C14H13NO4/c1-18-10-3-2-4-11(8-10)19-13-6-5-9(14(16)17)7-12(13)15/h2-8H,15H2,1H3,(H,16,17). The average Bonchev–Trinajstić information content (AvgIpc) is 2.41. The molecule has 98 valence electrons. The Balaban J connectivity index is 2.25. The molecule has 0 saturated carbocycles. The van der Waals surface area contributed by atoms with Crippen molar-refractivity contribution in [3.8, 4) is 17.2 Å². The summed E-state index contributed by atoms with van der Waals surface area (Å²) in [6, 6.07) is 11.4. The maximum atomic E-state index is 10.8. The highest BCUT2D eigenvalue weighted by Crippen LogP contribution is 2.30. The molecule has 2 rings (SSSR count). The lowest BCUT2D eigenvalue weighted by molar-refractivity contribution is 0.0697. The van der Waals surface area contributed by atoms with Gasteiger partial charge in [-0.1, -0.05) is 6.07 Å². The van der Waals surface area contributed by atoms with Crippen LogP contribution in [-0.4, -0.2) is 18.2 Å². The van der Waals surface area contributed by atoms with Crippen LogP contribution in [-0.2, 0) is 0 Å². The van der Waals surface area contributed by atoms with E-state index in [1.54, 1.807) is 31.4 Å². The molecular formula is C14H13NO4. The molecule has 0 saturated heterocycles. The summed E-state index contributed by atoms with van der Waals surface area (Å²) in [6.45, 7) is 0. The molecule has 0 aliphatic carbocycles. The maximum absolute atomic E-state index is 10.8. The van der Waals surface area contributed by atoms with Crippen molar-refractivity contribution < 1.29 is 19.4 Å². The van der Waals surface area contributed by atoms with Gasteiger partial charge in [-0.05, 0) is 30.3 Å². The molecule has 0 aliphatic rings. The quantitative estimate of drug-likeness (QED) is 0.825. The molecule has 0 radical (unpaired) electrons. The Morgan fingerprint density at radius 2 is 1.89 bits per heavy atom. The van der Waals surface area contributed by atoms with Gasteiger partial charge in [0.2, 0.25) is 0 Å². The number of hydrogen-bond donors (Lipinski definition) is 2. The highest BCUT2D eigenvalue weighted by atomic mass is 16.5. The molecule has 5 nitrogen and oxygen atoms in total. The summed E-state index contributed by atoms with van der Waals surface area (Å²) in [7, 11) is 1.56. The minimum absolute atomic E-state index is 0.121. The van der Waals surface area contributed by atoms with Crippen LogP contribution in [0.5, 0.6) is 17.2 Å². The van der Waals surface area contributed by atoms with E-state index in [0.717, 1.165) is 0 Å². The van der Waals surface area contributed by atoms with Gasteiger partial charge in [0, 0.05) is 6.07 Å². The van der Waals surface area contributed by atoms with Gasteiger partial charge in [-0.2, -0.15) is 0 Å². The number of carboxylic acids is 1. The summed E-state index contributed by atoms with van der Waals surface area (Å²) in [6.07, 6.45) is 0. The van der Waals surface area contributed by atoms with Gasteiger partial charge in [0.1, 0.15) is 17.2 Å². The van der Waals surface area contributed by atoms with Gasteiger partial charge in [0.15, 0.2) is 0 Å². The first kappa shape index (κ1) is 12.8. The van der Waals surface area contributed by atoms with Crippen molar-refractivity contribution in [2.24, 2.45) is 0 Å². The molecule has 0 aromatic heterocycles. The van der Waals surface area contributed by atoms with E-state index < -0.39 is 5.97 Å². The minimum atomic E-state index is -1.03. The predicted molar refractivity (Wildman–Crippen MR) is 70.9 cm³/mol. The van der Waals surface area contributed by atoms with Crippen LogP contribution in [0.4, 0.5) is 5.69 Å². The molecule has 3 N–H and O–H groups in total. The highest BCUT2D eigenvalue weighted by molar-refractivity contribution is 5.89. The van der Waals surface area contributed by atoms with E-state index in [2.05, 4.69) is 0 Å². The van der Waals surface area contributed by atoms with E-state index in [-0.39, 0.29) is 11.3 Å². The Hall–Kier alpha value is -2.69. The number of anilines is 1. The zero-order valence-corrected chi connectivity index (χ0v) is 10.3. The molecule has 19 heavy (non-hydrogen) atoms. The van der Waals surface area contributed by atoms with Crippen molar-refractivity contribution in [3.05, 3.63) is 48.0 Å². The predicted octanol–water partition coefficient (Wildman–Crippen LogP) is 2.77. The molecule has 0 unspecified atom stereocenters. The van der Waals surface area contributed by atoms with Crippen LogP contribution < -0.4 is 15.2 Å². The molecule has 0 bridgehead atoms. The SMILES string of the molecule is COc1cccc(Oc2ccc(C(=O)O)cc2N)c1. The summed E-state index contributed by atoms with van der Waals surface area (Å²) < 4.78 is 10.7. The summed E-state index contributed by atoms with van der Waals surface area (Å²) in [5.41, 5.74) is 6.15. The number of nitrogens with two attached hydrogens (primary N) is 1. The van der Waals surface area contributed by atoms with Crippen LogP contribution in [0.25, 0.3) is 0 Å². The molecule has 0 fully saturated rings. The number of benzene rings is 2. The minimum Gasteiger partial charge on any atom is -0.497 e. The zero-order chi connectivity index (χ0) is 13.8. The van der Waals surface area contributed by atoms with Crippen molar-refractivity contribution in [1.29, 1.82) is 0 Å². The van der Waals surface area contributed by atoms with Gasteiger partial charge in [-0.25, -0.2) is 4.79 Å². The van der Waals surface area contributed by atoms with Crippen molar-refractivity contribution in [2.75, 3.05) is 12.8 Å². The van der Waals surface area contributed by atoms with Crippen molar-refractivity contribution in [1.82, 2.24) is 0 Å². The summed E-state index contributed by atoms with van der Waals surface area (Å²) in [5.74, 6) is 0.602. The molecule has 2 aromatic carbocycles. The van der Waals surface area contributed by atoms with Crippen molar-refractivity contribution >= 4 is 11.7 Å². The smallest absolute Gasteiger partial charge is 0.335 e. The number of carboxylic acid groups (broad SMARTS) is 1. The molecular weight excluding hydrogens is 246 g/mol. The van der Waals surface area contributed by atoms with Gasteiger partial charge in [-0.15, -0.1) is 0 Å². The molecule has 2 aromatic rings. The Morgan fingerprint density at radius 1 is 1.16 bits per heavy atom. The Kier molecular flexibility index (Phi) is 3.56. The lowest BCUT2D eigenvalue weighted by Gasteiger charge is -2.10. The van der Waals surface area contributed by atoms with Gasteiger partial charge < -0.3 is 20.3 Å². The third-order valence-corrected chi connectivity index (χ3v) is 2.53. The van der Waals surface area contributed by atoms with E-state index in [1.165, 1.54) is 18.2 Å². The van der Waals surface area contributed by atoms with Crippen LogP contribution in [0.15, 0.2) is 42.5 Å². The van der Waals surface area contributed by atoms with E-state index >= 15 is 0 Å². The fourth-order valence-corrected chi connectivity index (χ4v) is 1.57. The Bertz CT molecular complexity index is 610. The second-order valence-corrected chi connectivity index (χ2v) is 3.84. The average molecular weight is 259 g/mol. The zero-order valence-electron chi connectivity index (χ0n) is 10.3. The van der Waals surface area contributed by atoms with Gasteiger partial charge in [-0.3, -0.25) is 0 Å². The first-order valence-electron chi connectivity index (χ1n) is 5.55. The molecule has 0 atom stereocenters. The normalized spacial score (nSPS) is 9.95. The molecule has 5 heteroatoms. The number of nitrogen functional groups attached to an aromatic ring is 1. The number of hydrogen-bond acceptors (Lipinski definition) is 4. The summed E-state index contributed by atoms with van der Waals surface area (Å²) in [4.78, 5) is 10.8. The molecule has 0 aliphatic heterocycles. The first-order chi connectivity index (χ1) is 9.10. The van der Waals surface area contributed by atoms with E-state index in [4.69, 9.17) is 20.3 Å². The van der Waals surface area contributed by atoms with E-state index in [9.17, 15) is 4.79 Å². The number of methoxy groups -OCH3 is 1. The lowest BCUT2D eigenvalue weighted by Crippen LogP contribution is -1.99. The summed E-state index contributed by atoms with van der Waals surface area (Å²) in [5, 5.41) is 8.85. The second kappa shape index (κ2) is 5.30. The van der Waals surface area contributed by atoms with Crippen molar-refractivity contribution in [2.45, 2.75) is 0 Å². The number of ether oxygens (including phenoxy) is 2. The second-order valence-electron chi connectivity index (χ2n) is 3.84. The van der Waals surface area contributed by atoms with E-state index in [1.807, 2.05) is 0 Å². The topological polar surface area (TPSA) is 81.8 Å². The van der Waals surface area contributed by atoms with Crippen LogP contribution >= 0.6 is 0 Å². The van der Waals surface area contributed by atoms with Crippen molar-refractivity contribution in [3.63, 3.8) is 0 Å². The van der Waals surface area contributed by atoms with Crippen LogP contribution in [0, 0.1) is 0 Å². The molecule has 0 amide bonds. The molecule has 0 spiro atoms. The monoisotopic (exact) mass is 259 g/mol. The lowest BCUT2D eigenvalue weighted by atomic mass is 10.2. The fraction of sp³-hybridized carbons (Fsp3) is 0.0714. The maximum Gasteiger partial charge on any atom is 0.335 e. The number of rotatable bonds is 4. The largest absolute Gasteiger partial charge is 0.497 e. The van der Waals surface area contributed by atoms with Gasteiger partial charge in [0.05, 0.1) is 18.4 Å². The fourth-order valence-electron chi connectivity index (χ4n) is 1.57. The first-order valence-corrected chi connectivity index (χ1v) is 5.55. The van der Waals surface area contributed by atoms with Crippen LogP contribution in [0.1, 0.15) is 10.4 Å². The third kappa shape index (κ3) is 2.95. The summed E-state index contributed by atoms with van der Waals surface area (Å²) >= 11 is 0. The number of aromatic carboxylic acids is 1. The van der Waals surface area contributed by atoms with E-state index in [0.29, 0.717) is 17.2 Å². The van der Waals surface area contributed by atoms with Gasteiger partial charge in [0.25, 0.3) is 0 Å². The van der Waals surface area contributed by atoms with Crippen LogP contribution in [0.2, 0.25) is 0 Å². The highest BCUT2D eigenvalue weighted by Gasteiger charge is 2.08. The molecule has 0 heterocycles. The Morgan fingerprint density at radius 3 is 2.53 bits per heavy atom. The van der Waals surface area contributed by atoms with Crippen LogP contribution in [0.3, 0.4) is 0 Å².